The van der Waals surface area contributed by atoms with Crippen molar-refractivity contribution in [2.75, 3.05) is 44.3 Å². The summed E-state index contributed by atoms with van der Waals surface area (Å²) in [6.45, 7) is 7.19. The van der Waals surface area contributed by atoms with Crippen molar-refractivity contribution < 1.29 is 9.53 Å². The van der Waals surface area contributed by atoms with Crippen LogP contribution >= 0.6 is 0 Å². The molecule has 2 aliphatic rings. The second kappa shape index (κ2) is 6.43. The van der Waals surface area contributed by atoms with Crippen LogP contribution in [0.4, 0.5) is 5.69 Å². The average Bonchev–Trinajstić information content (AvgIpc) is 2.56. The van der Waals surface area contributed by atoms with Crippen LogP contribution in [-0.2, 0) is 4.74 Å². The van der Waals surface area contributed by atoms with E-state index in [-0.39, 0.29) is 5.91 Å². The van der Waals surface area contributed by atoms with Crippen LogP contribution in [-0.4, -0.2) is 55.2 Å². The van der Waals surface area contributed by atoms with Crippen LogP contribution in [0.5, 0.6) is 0 Å². The van der Waals surface area contributed by atoms with Gasteiger partial charge in [0.05, 0.1) is 13.2 Å². The van der Waals surface area contributed by atoms with E-state index in [1.807, 2.05) is 17.0 Å². The molecule has 1 aromatic heterocycles. The van der Waals surface area contributed by atoms with E-state index in [9.17, 15) is 4.79 Å². The number of ether oxygens (including phenoxy) is 1. The molecule has 1 amide bonds. The summed E-state index contributed by atoms with van der Waals surface area (Å²) in [7, 11) is 0. The molecule has 0 atom stereocenters. The normalized spacial score (nSPS) is 20.6. The number of hydrogen-bond donors (Lipinski definition) is 0. The van der Waals surface area contributed by atoms with Gasteiger partial charge in [0.1, 0.15) is 5.69 Å². The van der Waals surface area contributed by atoms with Crippen LogP contribution < -0.4 is 4.90 Å². The Morgan fingerprint density at radius 3 is 2.67 bits per heavy atom. The molecule has 0 bridgehead atoms. The van der Waals surface area contributed by atoms with Gasteiger partial charge in [-0.15, -0.1) is 0 Å². The molecule has 1 aromatic rings. The van der Waals surface area contributed by atoms with Gasteiger partial charge in [0.2, 0.25) is 0 Å². The molecular weight excluding hydrogens is 266 g/mol. The highest BCUT2D eigenvalue weighted by Gasteiger charge is 2.23. The number of carbonyl (C=O) groups is 1. The van der Waals surface area contributed by atoms with E-state index >= 15 is 0 Å². The summed E-state index contributed by atoms with van der Waals surface area (Å²) < 4.78 is 5.37. The number of anilines is 1. The van der Waals surface area contributed by atoms with Crippen molar-refractivity contribution in [2.24, 2.45) is 5.92 Å². The molecule has 114 valence electrons. The Balaban J connectivity index is 1.71. The summed E-state index contributed by atoms with van der Waals surface area (Å²) in [5.74, 6) is 0.790. The van der Waals surface area contributed by atoms with Crippen molar-refractivity contribution in [1.29, 1.82) is 0 Å². The molecule has 3 heterocycles. The molecule has 21 heavy (non-hydrogen) atoms. The van der Waals surface area contributed by atoms with Gasteiger partial charge >= 0.3 is 0 Å². The number of nitrogens with zero attached hydrogens (tertiary/aromatic N) is 3. The van der Waals surface area contributed by atoms with Crippen molar-refractivity contribution in [3.8, 4) is 0 Å². The fourth-order valence-corrected chi connectivity index (χ4v) is 2.93. The Labute approximate surface area is 125 Å². The maximum Gasteiger partial charge on any atom is 0.272 e. The van der Waals surface area contributed by atoms with Crippen LogP contribution in [0.2, 0.25) is 0 Å². The summed E-state index contributed by atoms with van der Waals surface area (Å²) >= 11 is 0. The van der Waals surface area contributed by atoms with Crippen molar-refractivity contribution in [1.82, 2.24) is 9.88 Å². The first kappa shape index (κ1) is 14.3. The number of pyridine rings is 1. The SMILES string of the molecule is CC1CCN(C(=O)c2cc(N3CCOCC3)ccn2)CC1. The van der Waals surface area contributed by atoms with Crippen LogP contribution in [0.15, 0.2) is 18.3 Å². The Kier molecular flexibility index (Phi) is 4.39. The number of likely N-dealkylation sites (tertiary alicyclic amines) is 1. The third-order valence-electron chi connectivity index (χ3n) is 4.41. The molecule has 5 nitrogen and oxygen atoms in total. The van der Waals surface area contributed by atoms with Crippen LogP contribution in [0, 0.1) is 5.92 Å². The minimum absolute atomic E-state index is 0.0667. The summed E-state index contributed by atoms with van der Waals surface area (Å²) in [6.07, 6.45) is 3.92. The lowest BCUT2D eigenvalue weighted by Gasteiger charge is -2.31. The zero-order chi connectivity index (χ0) is 14.7. The Morgan fingerprint density at radius 1 is 1.24 bits per heavy atom. The predicted octanol–water partition coefficient (Wildman–Crippen LogP) is 1.79. The summed E-state index contributed by atoms with van der Waals surface area (Å²) in [5, 5.41) is 0. The molecule has 0 saturated carbocycles. The van der Waals surface area contributed by atoms with E-state index < -0.39 is 0 Å². The van der Waals surface area contributed by atoms with Crippen molar-refractivity contribution in [3.63, 3.8) is 0 Å². The van der Waals surface area contributed by atoms with Gasteiger partial charge in [-0.05, 0) is 30.9 Å². The highest BCUT2D eigenvalue weighted by atomic mass is 16.5. The molecule has 0 N–H and O–H groups in total. The fraction of sp³-hybridized carbons (Fsp3) is 0.625. The van der Waals surface area contributed by atoms with E-state index in [2.05, 4.69) is 16.8 Å². The van der Waals surface area contributed by atoms with E-state index in [1.54, 1.807) is 6.20 Å². The monoisotopic (exact) mass is 289 g/mol. The minimum atomic E-state index is 0.0667. The molecule has 0 radical (unpaired) electrons. The molecule has 2 saturated heterocycles. The Morgan fingerprint density at radius 2 is 1.95 bits per heavy atom. The predicted molar refractivity (Wildman–Crippen MR) is 81.6 cm³/mol. The van der Waals surface area contributed by atoms with Crippen molar-refractivity contribution >= 4 is 11.6 Å². The molecule has 0 aromatic carbocycles. The zero-order valence-electron chi connectivity index (χ0n) is 12.6. The first-order valence-electron chi connectivity index (χ1n) is 7.82. The van der Waals surface area contributed by atoms with Gasteiger partial charge in [-0.25, -0.2) is 0 Å². The molecule has 2 fully saturated rings. The number of amides is 1. The molecule has 2 aliphatic heterocycles. The quantitative estimate of drug-likeness (QED) is 0.833. The van der Waals surface area contributed by atoms with Gasteiger partial charge in [0.25, 0.3) is 5.91 Å². The number of rotatable bonds is 2. The van der Waals surface area contributed by atoms with Gasteiger partial charge in [-0.2, -0.15) is 0 Å². The molecular formula is C16H23N3O2. The third-order valence-corrected chi connectivity index (χ3v) is 4.41. The molecule has 3 rings (SSSR count). The molecule has 0 aliphatic carbocycles. The maximum absolute atomic E-state index is 12.6. The average molecular weight is 289 g/mol. The van der Waals surface area contributed by atoms with Crippen LogP contribution in [0.1, 0.15) is 30.3 Å². The first-order valence-corrected chi connectivity index (χ1v) is 7.82. The molecule has 5 heteroatoms. The van der Waals surface area contributed by atoms with E-state index in [0.29, 0.717) is 5.69 Å². The van der Waals surface area contributed by atoms with Crippen LogP contribution in [0.25, 0.3) is 0 Å². The topological polar surface area (TPSA) is 45.7 Å². The van der Waals surface area contributed by atoms with Gasteiger partial charge in [-0.3, -0.25) is 9.78 Å². The second-order valence-corrected chi connectivity index (χ2v) is 5.97. The smallest absolute Gasteiger partial charge is 0.272 e. The number of carbonyl (C=O) groups excluding carboxylic acids is 1. The third kappa shape index (κ3) is 3.35. The summed E-state index contributed by atoms with van der Waals surface area (Å²) in [6, 6.07) is 3.89. The van der Waals surface area contributed by atoms with Crippen LogP contribution in [0.3, 0.4) is 0 Å². The Bertz CT molecular complexity index is 492. The van der Waals surface area contributed by atoms with E-state index in [0.717, 1.165) is 63.8 Å². The number of hydrogen-bond acceptors (Lipinski definition) is 4. The standard InChI is InChI=1S/C16H23N3O2/c1-13-3-6-19(7-4-13)16(20)15-12-14(2-5-17-15)18-8-10-21-11-9-18/h2,5,12-13H,3-4,6-11H2,1H3. The molecule has 0 spiro atoms. The second-order valence-electron chi connectivity index (χ2n) is 5.97. The lowest BCUT2D eigenvalue weighted by molar-refractivity contribution is 0.0691. The van der Waals surface area contributed by atoms with Crippen molar-refractivity contribution in [2.45, 2.75) is 19.8 Å². The van der Waals surface area contributed by atoms with Crippen molar-refractivity contribution in [3.05, 3.63) is 24.0 Å². The van der Waals surface area contributed by atoms with Gasteiger partial charge in [0.15, 0.2) is 0 Å². The molecule has 0 unspecified atom stereocenters. The van der Waals surface area contributed by atoms with E-state index in [4.69, 9.17) is 4.74 Å². The lowest BCUT2D eigenvalue weighted by atomic mass is 9.99. The van der Waals surface area contributed by atoms with Gasteiger partial charge in [0, 0.05) is 38.1 Å². The number of aromatic nitrogens is 1. The Hall–Kier alpha value is -1.62. The highest BCUT2D eigenvalue weighted by molar-refractivity contribution is 5.93. The van der Waals surface area contributed by atoms with Gasteiger partial charge < -0.3 is 14.5 Å². The first-order chi connectivity index (χ1) is 10.2. The van der Waals surface area contributed by atoms with Gasteiger partial charge in [-0.1, -0.05) is 6.92 Å². The fourth-order valence-electron chi connectivity index (χ4n) is 2.93. The zero-order valence-corrected chi connectivity index (χ0v) is 12.6. The highest BCUT2D eigenvalue weighted by Crippen LogP contribution is 2.20. The maximum atomic E-state index is 12.6. The lowest BCUT2D eigenvalue weighted by Crippen LogP contribution is -2.39. The number of piperidine rings is 1. The largest absolute Gasteiger partial charge is 0.378 e. The number of morpholine rings is 1. The summed E-state index contributed by atoms with van der Waals surface area (Å²) in [5.41, 5.74) is 1.63. The summed E-state index contributed by atoms with van der Waals surface area (Å²) in [4.78, 5) is 21.0. The van der Waals surface area contributed by atoms with E-state index in [1.165, 1.54) is 0 Å². The minimum Gasteiger partial charge on any atom is -0.378 e.